The number of nitrogens with zero attached hydrogens (tertiary/aromatic N) is 2. The molecule has 1 aliphatic carbocycles. The van der Waals surface area contributed by atoms with Gasteiger partial charge < -0.3 is 9.84 Å². The second-order valence-electron chi connectivity index (χ2n) is 3.21. The molecule has 0 aliphatic heterocycles. The number of rotatable bonds is 3. The Kier molecular flexibility index (Phi) is 2.36. The van der Waals surface area contributed by atoms with E-state index in [4.69, 9.17) is 0 Å². The van der Waals surface area contributed by atoms with Gasteiger partial charge in [0.2, 0.25) is 6.39 Å². The molecule has 0 aromatic carbocycles. The fraction of sp³-hybridized carbons (Fsp3) is 0.750. The van der Waals surface area contributed by atoms with E-state index in [9.17, 15) is 0 Å². The standard InChI is InChI=1S/C8H13N3O/c1-2-4-7(3-1)9-5-8-10-6-12-11-8/h6-7,9H,1-5H2. The smallest absolute Gasteiger partial charge is 0.213 e. The molecule has 1 heterocycles. The summed E-state index contributed by atoms with van der Waals surface area (Å²) in [7, 11) is 0. The molecule has 4 heteroatoms. The van der Waals surface area contributed by atoms with Crippen molar-refractivity contribution in [3.8, 4) is 0 Å². The fourth-order valence-corrected chi connectivity index (χ4v) is 1.64. The highest BCUT2D eigenvalue weighted by Crippen LogP contribution is 2.17. The van der Waals surface area contributed by atoms with Gasteiger partial charge in [-0.3, -0.25) is 0 Å². The lowest BCUT2D eigenvalue weighted by molar-refractivity contribution is 0.403. The van der Waals surface area contributed by atoms with E-state index in [1.807, 2.05) is 0 Å². The van der Waals surface area contributed by atoms with Crippen LogP contribution in [0.2, 0.25) is 0 Å². The van der Waals surface area contributed by atoms with Crippen molar-refractivity contribution < 1.29 is 4.52 Å². The average molecular weight is 167 g/mol. The van der Waals surface area contributed by atoms with Crippen LogP contribution in [0.25, 0.3) is 0 Å². The van der Waals surface area contributed by atoms with Crippen LogP contribution in [0.15, 0.2) is 10.9 Å². The zero-order valence-electron chi connectivity index (χ0n) is 6.99. The first-order chi connectivity index (χ1) is 5.95. The third kappa shape index (κ3) is 1.82. The summed E-state index contributed by atoms with van der Waals surface area (Å²) in [6.45, 7) is 0.737. The van der Waals surface area contributed by atoms with Crippen LogP contribution >= 0.6 is 0 Å². The van der Waals surface area contributed by atoms with Crippen molar-refractivity contribution in [1.82, 2.24) is 15.5 Å². The molecule has 1 saturated carbocycles. The molecule has 66 valence electrons. The maximum absolute atomic E-state index is 4.63. The lowest BCUT2D eigenvalue weighted by Gasteiger charge is -2.08. The zero-order valence-corrected chi connectivity index (χ0v) is 6.99. The van der Waals surface area contributed by atoms with Crippen LogP contribution in [0.3, 0.4) is 0 Å². The summed E-state index contributed by atoms with van der Waals surface area (Å²) >= 11 is 0. The quantitative estimate of drug-likeness (QED) is 0.732. The Morgan fingerprint density at radius 2 is 2.33 bits per heavy atom. The molecule has 1 fully saturated rings. The van der Waals surface area contributed by atoms with Gasteiger partial charge in [0.15, 0.2) is 5.82 Å². The topological polar surface area (TPSA) is 51.0 Å². The molecule has 0 atom stereocenters. The van der Waals surface area contributed by atoms with Crippen LogP contribution in [-0.2, 0) is 6.54 Å². The van der Waals surface area contributed by atoms with E-state index in [1.165, 1.54) is 32.1 Å². The lowest BCUT2D eigenvalue weighted by Crippen LogP contribution is -2.25. The van der Waals surface area contributed by atoms with Gasteiger partial charge in [0, 0.05) is 6.04 Å². The first-order valence-electron chi connectivity index (χ1n) is 4.44. The predicted molar refractivity (Wildman–Crippen MR) is 43.4 cm³/mol. The minimum Gasteiger partial charge on any atom is -0.343 e. The summed E-state index contributed by atoms with van der Waals surface area (Å²) in [5.74, 6) is 0.752. The number of hydrogen-bond acceptors (Lipinski definition) is 4. The van der Waals surface area contributed by atoms with Gasteiger partial charge in [-0.1, -0.05) is 18.0 Å². The molecule has 0 amide bonds. The van der Waals surface area contributed by atoms with Gasteiger partial charge >= 0.3 is 0 Å². The Morgan fingerprint density at radius 3 is 3.00 bits per heavy atom. The molecular weight excluding hydrogens is 154 g/mol. The maximum Gasteiger partial charge on any atom is 0.213 e. The van der Waals surface area contributed by atoms with Gasteiger partial charge in [-0.2, -0.15) is 4.98 Å². The number of hydrogen-bond donors (Lipinski definition) is 1. The van der Waals surface area contributed by atoms with Crippen LogP contribution in [0.1, 0.15) is 31.5 Å². The van der Waals surface area contributed by atoms with E-state index in [-0.39, 0.29) is 0 Å². The predicted octanol–water partition coefficient (Wildman–Crippen LogP) is 1.10. The maximum atomic E-state index is 4.63. The van der Waals surface area contributed by atoms with E-state index in [2.05, 4.69) is 20.0 Å². The molecule has 1 N–H and O–H groups in total. The highest BCUT2D eigenvalue weighted by Gasteiger charge is 2.14. The van der Waals surface area contributed by atoms with Crippen molar-refractivity contribution in [3.63, 3.8) is 0 Å². The van der Waals surface area contributed by atoms with Crippen molar-refractivity contribution in [3.05, 3.63) is 12.2 Å². The van der Waals surface area contributed by atoms with Crippen molar-refractivity contribution >= 4 is 0 Å². The van der Waals surface area contributed by atoms with E-state index >= 15 is 0 Å². The fourth-order valence-electron chi connectivity index (χ4n) is 1.64. The van der Waals surface area contributed by atoms with Gasteiger partial charge in [0.1, 0.15) is 0 Å². The third-order valence-electron chi connectivity index (χ3n) is 2.31. The van der Waals surface area contributed by atoms with Gasteiger partial charge in [-0.05, 0) is 12.8 Å². The van der Waals surface area contributed by atoms with Crippen molar-refractivity contribution in [2.75, 3.05) is 0 Å². The highest BCUT2D eigenvalue weighted by molar-refractivity contribution is 4.80. The SMILES string of the molecule is c1nc(CNC2CCCC2)no1. The molecule has 0 unspecified atom stereocenters. The molecule has 0 spiro atoms. The first-order valence-corrected chi connectivity index (χ1v) is 4.44. The van der Waals surface area contributed by atoms with Gasteiger partial charge in [0.05, 0.1) is 6.54 Å². The molecule has 4 nitrogen and oxygen atoms in total. The summed E-state index contributed by atoms with van der Waals surface area (Å²) in [5, 5.41) is 7.13. The van der Waals surface area contributed by atoms with Crippen LogP contribution in [0.4, 0.5) is 0 Å². The summed E-state index contributed by atoms with van der Waals surface area (Å²) in [6, 6.07) is 0.670. The number of aromatic nitrogens is 2. The molecular formula is C8H13N3O. The Balaban J connectivity index is 1.74. The van der Waals surface area contributed by atoms with Crippen LogP contribution < -0.4 is 5.32 Å². The van der Waals surface area contributed by atoms with E-state index < -0.39 is 0 Å². The average Bonchev–Trinajstić information content (AvgIpc) is 2.74. The Morgan fingerprint density at radius 1 is 1.50 bits per heavy atom. The van der Waals surface area contributed by atoms with Crippen LogP contribution in [0, 0.1) is 0 Å². The first kappa shape index (κ1) is 7.73. The highest BCUT2D eigenvalue weighted by atomic mass is 16.5. The van der Waals surface area contributed by atoms with Crippen molar-refractivity contribution in [1.29, 1.82) is 0 Å². The summed E-state index contributed by atoms with van der Waals surface area (Å²) in [5.41, 5.74) is 0. The molecule has 0 bridgehead atoms. The van der Waals surface area contributed by atoms with Crippen molar-refractivity contribution in [2.24, 2.45) is 0 Å². The molecule has 1 aromatic heterocycles. The Bertz CT molecular complexity index is 216. The second kappa shape index (κ2) is 3.67. The molecule has 12 heavy (non-hydrogen) atoms. The number of nitrogens with one attached hydrogen (secondary N) is 1. The Labute approximate surface area is 71.4 Å². The Hall–Kier alpha value is -0.900. The molecule has 0 saturated heterocycles. The summed E-state index contributed by atoms with van der Waals surface area (Å²) < 4.78 is 4.63. The van der Waals surface area contributed by atoms with Crippen LogP contribution in [0.5, 0.6) is 0 Å². The minimum atomic E-state index is 0.670. The monoisotopic (exact) mass is 167 g/mol. The van der Waals surface area contributed by atoms with Gasteiger partial charge in [0.25, 0.3) is 0 Å². The lowest BCUT2D eigenvalue weighted by atomic mass is 10.2. The van der Waals surface area contributed by atoms with E-state index in [0.717, 1.165) is 12.4 Å². The van der Waals surface area contributed by atoms with Gasteiger partial charge in [-0.25, -0.2) is 0 Å². The normalized spacial score (nSPS) is 18.7. The molecule has 0 radical (unpaired) electrons. The van der Waals surface area contributed by atoms with Gasteiger partial charge in [-0.15, -0.1) is 0 Å². The summed E-state index contributed by atoms with van der Waals surface area (Å²) in [6.07, 6.45) is 6.65. The molecule has 2 rings (SSSR count). The summed E-state index contributed by atoms with van der Waals surface area (Å²) in [4.78, 5) is 3.94. The van der Waals surface area contributed by atoms with E-state index in [0.29, 0.717) is 6.04 Å². The minimum absolute atomic E-state index is 0.670. The van der Waals surface area contributed by atoms with E-state index in [1.54, 1.807) is 0 Å². The molecule has 1 aromatic rings. The van der Waals surface area contributed by atoms with Crippen LogP contribution in [-0.4, -0.2) is 16.2 Å². The third-order valence-corrected chi connectivity index (χ3v) is 2.31. The van der Waals surface area contributed by atoms with Crippen molar-refractivity contribution in [2.45, 2.75) is 38.3 Å². The molecule has 1 aliphatic rings. The second-order valence-corrected chi connectivity index (χ2v) is 3.21. The largest absolute Gasteiger partial charge is 0.343 e. The zero-order chi connectivity index (χ0) is 8.23.